The Morgan fingerprint density at radius 3 is 2.72 bits per heavy atom. The van der Waals surface area contributed by atoms with E-state index in [1.54, 1.807) is 24.8 Å². The zero-order valence-corrected chi connectivity index (χ0v) is 15.1. The molecule has 0 radical (unpaired) electrons. The fraction of sp³-hybridized carbons (Fsp3) is 0.235. The molecule has 0 aliphatic carbocycles. The molecule has 0 atom stereocenters. The van der Waals surface area contributed by atoms with E-state index in [2.05, 4.69) is 15.6 Å². The van der Waals surface area contributed by atoms with Gasteiger partial charge in [0, 0.05) is 34.9 Å². The van der Waals surface area contributed by atoms with Crippen LogP contribution >= 0.6 is 23.4 Å². The van der Waals surface area contributed by atoms with Gasteiger partial charge in [0.15, 0.2) is 5.82 Å². The molecule has 0 saturated heterocycles. The van der Waals surface area contributed by atoms with Crippen LogP contribution in [-0.4, -0.2) is 22.0 Å². The summed E-state index contributed by atoms with van der Waals surface area (Å²) >= 11 is 7.48. The number of carbonyl (C=O) groups is 1. The van der Waals surface area contributed by atoms with Gasteiger partial charge in [-0.1, -0.05) is 34.0 Å². The molecule has 1 aromatic carbocycles. The second-order valence-corrected chi connectivity index (χ2v) is 6.90. The second-order valence-electron chi connectivity index (χ2n) is 5.36. The molecule has 0 bridgehead atoms. The number of rotatable bonds is 7. The first-order valence-electron chi connectivity index (χ1n) is 7.62. The highest BCUT2D eigenvalue weighted by Crippen LogP contribution is 2.23. The number of amides is 1. The van der Waals surface area contributed by atoms with Gasteiger partial charge in [0.25, 0.3) is 0 Å². The van der Waals surface area contributed by atoms with Gasteiger partial charge in [-0.3, -0.25) is 4.79 Å². The summed E-state index contributed by atoms with van der Waals surface area (Å²) in [4.78, 5) is 11.8. The van der Waals surface area contributed by atoms with Crippen molar-refractivity contribution in [2.75, 3.05) is 11.1 Å². The van der Waals surface area contributed by atoms with Crippen molar-refractivity contribution in [3.05, 3.63) is 52.9 Å². The largest absolute Gasteiger partial charge is 0.360 e. The van der Waals surface area contributed by atoms with Crippen molar-refractivity contribution in [3.63, 3.8) is 0 Å². The lowest BCUT2D eigenvalue weighted by Crippen LogP contribution is -2.12. The van der Waals surface area contributed by atoms with Crippen LogP contribution in [0.4, 0.5) is 5.82 Å². The summed E-state index contributed by atoms with van der Waals surface area (Å²) in [5.41, 5.74) is 1.72. The van der Waals surface area contributed by atoms with Crippen LogP contribution in [0.15, 0.2) is 45.4 Å². The number of anilines is 1. The maximum atomic E-state index is 11.8. The summed E-state index contributed by atoms with van der Waals surface area (Å²) in [6.45, 7) is 1.77. The molecule has 0 saturated carbocycles. The Morgan fingerprint density at radius 2 is 2.00 bits per heavy atom. The van der Waals surface area contributed by atoms with Gasteiger partial charge in [-0.15, -0.1) is 0 Å². The van der Waals surface area contributed by atoms with Crippen LogP contribution < -0.4 is 5.32 Å². The quantitative estimate of drug-likeness (QED) is 0.608. The summed E-state index contributed by atoms with van der Waals surface area (Å²) in [5, 5.41) is 11.2. The molecule has 1 amide bonds. The molecule has 8 heteroatoms. The minimum atomic E-state index is -0.0970. The van der Waals surface area contributed by atoms with E-state index in [9.17, 15) is 4.79 Å². The number of hydrogen-bond acceptors (Lipinski definition) is 6. The smallest absolute Gasteiger partial charge is 0.226 e. The molecule has 3 aromatic rings. The van der Waals surface area contributed by atoms with Crippen LogP contribution in [0.5, 0.6) is 0 Å². The van der Waals surface area contributed by atoms with E-state index in [-0.39, 0.29) is 5.91 Å². The van der Waals surface area contributed by atoms with E-state index >= 15 is 0 Å². The molecular formula is C17H16ClN3O3S. The molecule has 6 nitrogen and oxygen atoms in total. The first-order chi connectivity index (χ1) is 12.1. The van der Waals surface area contributed by atoms with Crippen molar-refractivity contribution in [2.24, 2.45) is 0 Å². The zero-order chi connectivity index (χ0) is 17.6. The van der Waals surface area contributed by atoms with Gasteiger partial charge >= 0.3 is 0 Å². The summed E-state index contributed by atoms with van der Waals surface area (Å²) < 4.78 is 10.2. The molecular weight excluding hydrogens is 362 g/mol. The zero-order valence-electron chi connectivity index (χ0n) is 13.5. The molecule has 130 valence electrons. The number of benzene rings is 1. The molecule has 0 spiro atoms. The maximum Gasteiger partial charge on any atom is 0.226 e. The van der Waals surface area contributed by atoms with Gasteiger partial charge in [0.05, 0.1) is 5.75 Å². The third kappa shape index (κ3) is 5.11. The minimum Gasteiger partial charge on any atom is -0.360 e. The van der Waals surface area contributed by atoms with Crippen molar-refractivity contribution in [1.82, 2.24) is 10.3 Å². The van der Waals surface area contributed by atoms with Crippen LogP contribution in [0.1, 0.15) is 17.9 Å². The topological polar surface area (TPSA) is 81.2 Å². The lowest BCUT2D eigenvalue weighted by atomic mass is 10.1. The van der Waals surface area contributed by atoms with Crippen molar-refractivity contribution in [2.45, 2.75) is 19.1 Å². The first kappa shape index (κ1) is 17.6. The van der Waals surface area contributed by atoms with E-state index < -0.39 is 0 Å². The highest BCUT2D eigenvalue weighted by Gasteiger charge is 2.09. The molecule has 2 aromatic heterocycles. The summed E-state index contributed by atoms with van der Waals surface area (Å²) in [6, 6.07) is 11.0. The highest BCUT2D eigenvalue weighted by atomic mass is 35.5. The number of nitrogens with zero attached hydrogens (tertiary/aromatic N) is 2. The number of thioether (sulfide) groups is 1. The van der Waals surface area contributed by atoms with Crippen molar-refractivity contribution in [1.29, 1.82) is 0 Å². The molecule has 1 N–H and O–H groups in total. The Morgan fingerprint density at radius 1 is 1.20 bits per heavy atom. The van der Waals surface area contributed by atoms with E-state index in [1.165, 1.54) is 0 Å². The Hall–Kier alpha value is -2.25. The molecule has 2 heterocycles. The number of hydrogen-bond donors (Lipinski definition) is 1. The number of aromatic nitrogens is 2. The SMILES string of the molecule is Cc1cc(NC(=O)CCSCc2cc(-c3ccc(Cl)cc3)no2)no1. The van der Waals surface area contributed by atoms with Crippen molar-refractivity contribution < 1.29 is 13.8 Å². The molecule has 0 aliphatic heterocycles. The Bertz CT molecular complexity index is 845. The Balaban J connectivity index is 1.42. The maximum absolute atomic E-state index is 11.8. The number of nitrogens with one attached hydrogen (secondary N) is 1. The fourth-order valence-corrected chi connectivity index (χ4v) is 3.04. The molecule has 0 fully saturated rings. The average Bonchev–Trinajstić information content (AvgIpc) is 3.21. The lowest BCUT2D eigenvalue weighted by molar-refractivity contribution is -0.115. The van der Waals surface area contributed by atoms with Crippen LogP contribution in [0, 0.1) is 6.92 Å². The molecule has 0 aliphatic rings. The van der Waals surface area contributed by atoms with E-state index in [1.807, 2.05) is 30.3 Å². The van der Waals surface area contributed by atoms with Gasteiger partial charge in [-0.2, -0.15) is 11.8 Å². The third-order valence-corrected chi connectivity index (χ3v) is 4.55. The standard InChI is InChI=1S/C17H16ClN3O3S/c1-11-8-16(21-23-11)19-17(22)6-7-25-10-14-9-15(20-24-14)12-2-4-13(18)5-3-12/h2-5,8-9H,6-7,10H2,1H3,(H,19,21,22). The Labute approximate surface area is 153 Å². The second kappa shape index (κ2) is 8.22. The average molecular weight is 378 g/mol. The van der Waals surface area contributed by atoms with E-state index in [4.69, 9.17) is 20.6 Å². The number of aryl methyl sites for hydroxylation is 1. The van der Waals surface area contributed by atoms with Crippen LogP contribution in [0.2, 0.25) is 5.02 Å². The molecule has 3 rings (SSSR count). The van der Waals surface area contributed by atoms with Crippen LogP contribution in [0.3, 0.4) is 0 Å². The summed E-state index contributed by atoms with van der Waals surface area (Å²) in [7, 11) is 0. The fourth-order valence-electron chi connectivity index (χ4n) is 2.11. The van der Waals surface area contributed by atoms with Crippen LogP contribution in [-0.2, 0) is 10.5 Å². The lowest BCUT2D eigenvalue weighted by Gasteiger charge is -2.00. The highest BCUT2D eigenvalue weighted by molar-refractivity contribution is 7.98. The predicted molar refractivity (Wildman–Crippen MR) is 97.6 cm³/mol. The van der Waals surface area contributed by atoms with Crippen molar-refractivity contribution in [3.8, 4) is 11.3 Å². The molecule has 0 unspecified atom stereocenters. The molecule has 25 heavy (non-hydrogen) atoms. The Kier molecular flexibility index (Phi) is 5.78. The summed E-state index contributed by atoms with van der Waals surface area (Å²) in [5.74, 6) is 3.08. The minimum absolute atomic E-state index is 0.0970. The monoisotopic (exact) mass is 377 g/mol. The number of carbonyl (C=O) groups excluding carboxylic acids is 1. The normalized spacial score (nSPS) is 10.8. The first-order valence-corrected chi connectivity index (χ1v) is 9.16. The van der Waals surface area contributed by atoms with Gasteiger partial charge in [0.2, 0.25) is 5.91 Å². The van der Waals surface area contributed by atoms with Crippen LogP contribution in [0.25, 0.3) is 11.3 Å². The van der Waals surface area contributed by atoms with Gasteiger partial charge in [-0.25, -0.2) is 0 Å². The van der Waals surface area contributed by atoms with Gasteiger partial charge in [0.1, 0.15) is 17.2 Å². The van der Waals surface area contributed by atoms with E-state index in [0.29, 0.717) is 34.5 Å². The van der Waals surface area contributed by atoms with Gasteiger partial charge < -0.3 is 14.4 Å². The van der Waals surface area contributed by atoms with E-state index in [0.717, 1.165) is 17.0 Å². The predicted octanol–water partition coefficient (Wildman–Crippen LogP) is 4.55. The summed E-state index contributed by atoms with van der Waals surface area (Å²) in [6.07, 6.45) is 0.384. The van der Waals surface area contributed by atoms with Crippen molar-refractivity contribution >= 4 is 35.1 Å². The van der Waals surface area contributed by atoms with Gasteiger partial charge in [-0.05, 0) is 19.1 Å². The number of halogens is 1. The third-order valence-electron chi connectivity index (χ3n) is 3.31.